The molecule has 180 valence electrons. The van der Waals surface area contributed by atoms with Crippen LogP contribution in [0, 0.1) is 13.8 Å². The van der Waals surface area contributed by atoms with Crippen LogP contribution >= 0.6 is 0 Å². The highest BCUT2D eigenvalue weighted by atomic mass is 28.3. The van der Waals surface area contributed by atoms with Crippen molar-refractivity contribution >= 4 is 19.8 Å². The van der Waals surface area contributed by atoms with Crippen LogP contribution in [-0.2, 0) is 22.6 Å². The van der Waals surface area contributed by atoms with Crippen molar-refractivity contribution in [3.05, 3.63) is 93.8 Å². The summed E-state index contributed by atoms with van der Waals surface area (Å²) in [6.07, 6.45) is 0.634. The Balaban J connectivity index is 1.99. The van der Waals surface area contributed by atoms with E-state index in [0.29, 0.717) is 47.8 Å². The molecule has 6 heteroatoms. The van der Waals surface area contributed by atoms with Gasteiger partial charge in [-0.3, -0.25) is 4.79 Å². The molecule has 0 amide bonds. The predicted octanol–water partition coefficient (Wildman–Crippen LogP) is 6.03. The van der Waals surface area contributed by atoms with Crippen LogP contribution in [0.4, 0.5) is 0 Å². The number of benzene rings is 2. The van der Waals surface area contributed by atoms with E-state index in [1.807, 2.05) is 73.0 Å². The van der Waals surface area contributed by atoms with Crippen LogP contribution in [0.15, 0.2) is 54.6 Å². The van der Waals surface area contributed by atoms with Crippen molar-refractivity contribution in [1.82, 2.24) is 4.57 Å². The van der Waals surface area contributed by atoms with Gasteiger partial charge in [-0.2, -0.15) is 0 Å². The fourth-order valence-electron chi connectivity index (χ4n) is 4.09. The lowest BCUT2D eigenvalue weighted by molar-refractivity contribution is 0.0594. The zero-order valence-electron chi connectivity index (χ0n) is 21.1. The first kappa shape index (κ1) is 25.7. The van der Waals surface area contributed by atoms with Gasteiger partial charge in [0.15, 0.2) is 5.78 Å². The van der Waals surface area contributed by atoms with Crippen molar-refractivity contribution in [2.75, 3.05) is 13.7 Å². The molecule has 0 aliphatic carbocycles. The Kier molecular flexibility index (Phi) is 8.28. The summed E-state index contributed by atoms with van der Waals surface area (Å²) in [4.78, 5) is 26.7. The second-order valence-electron chi connectivity index (χ2n) is 9.84. The Morgan fingerprint density at radius 3 is 2.15 bits per heavy atom. The molecule has 0 spiro atoms. The Labute approximate surface area is 203 Å². The maximum absolute atomic E-state index is 13.9. The van der Waals surface area contributed by atoms with Crippen molar-refractivity contribution in [1.29, 1.82) is 0 Å². The van der Waals surface area contributed by atoms with E-state index in [4.69, 9.17) is 9.47 Å². The molecule has 0 atom stereocenters. The molecule has 0 aliphatic heterocycles. The minimum Gasteiger partial charge on any atom is -0.465 e. The summed E-state index contributed by atoms with van der Waals surface area (Å²) in [6, 6.07) is 18.7. The third-order valence-corrected chi connectivity index (χ3v) is 7.82. The normalized spacial score (nSPS) is 11.5. The summed E-state index contributed by atoms with van der Waals surface area (Å²) in [5, 5.41) is 0. The molecule has 0 saturated heterocycles. The van der Waals surface area contributed by atoms with E-state index in [1.165, 1.54) is 7.11 Å². The molecule has 0 bridgehead atoms. The summed E-state index contributed by atoms with van der Waals surface area (Å²) < 4.78 is 12.9. The summed E-state index contributed by atoms with van der Waals surface area (Å²) >= 11 is 0. The highest BCUT2D eigenvalue weighted by Crippen LogP contribution is 2.28. The molecule has 0 radical (unpaired) electrons. The molecule has 34 heavy (non-hydrogen) atoms. The van der Waals surface area contributed by atoms with E-state index in [9.17, 15) is 9.59 Å². The Bertz CT molecular complexity index is 1160. The number of aromatic nitrogens is 1. The number of hydrogen-bond donors (Lipinski definition) is 0. The van der Waals surface area contributed by atoms with Gasteiger partial charge in [0.05, 0.1) is 18.2 Å². The monoisotopic (exact) mass is 477 g/mol. The van der Waals surface area contributed by atoms with E-state index < -0.39 is 14.0 Å². The molecule has 0 fully saturated rings. The van der Waals surface area contributed by atoms with Gasteiger partial charge in [0.2, 0.25) is 0 Å². The first-order valence-corrected chi connectivity index (χ1v) is 15.4. The molecule has 2 aromatic carbocycles. The Hall–Kier alpha value is -2.96. The third-order valence-electron chi connectivity index (χ3n) is 6.12. The van der Waals surface area contributed by atoms with Crippen molar-refractivity contribution in [3.8, 4) is 0 Å². The summed E-state index contributed by atoms with van der Waals surface area (Å²) in [5.74, 6) is -0.682. The quantitative estimate of drug-likeness (QED) is 0.155. The van der Waals surface area contributed by atoms with Crippen LogP contribution in [0.5, 0.6) is 0 Å². The van der Waals surface area contributed by atoms with Crippen LogP contribution < -0.4 is 0 Å². The largest absolute Gasteiger partial charge is 0.465 e. The number of carbonyl (C=O) groups excluding carboxylic acids is 2. The second-order valence-corrected chi connectivity index (χ2v) is 15.5. The van der Waals surface area contributed by atoms with Crippen LogP contribution in [0.1, 0.15) is 48.8 Å². The van der Waals surface area contributed by atoms with E-state index in [-0.39, 0.29) is 5.78 Å². The maximum Gasteiger partial charge on any atom is 0.340 e. The van der Waals surface area contributed by atoms with Crippen molar-refractivity contribution in [3.63, 3.8) is 0 Å². The maximum atomic E-state index is 13.9. The molecule has 3 aromatic rings. The summed E-state index contributed by atoms with van der Waals surface area (Å²) in [5.41, 5.74) is 4.73. The number of hydrogen-bond acceptors (Lipinski definition) is 4. The lowest BCUT2D eigenvalue weighted by Gasteiger charge is -2.16. The first-order chi connectivity index (χ1) is 16.1. The molecule has 1 aromatic heterocycles. The molecule has 5 nitrogen and oxygen atoms in total. The molecule has 0 aliphatic rings. The van der Waals surface area contributed by atoms with Crippen LogP contribution in [-0.4, -0.2) is 38.1 Å². The summed E-state index contributed by atoms with van der Waals surface area (Å²) in [6.45, 7) is 11.6. The average molecular weight is 478 g/mol. The third kappa shape index (κ3) is 5.93. The lowest BCUT2D eigenvalue weighted by atomic mass is 9.92. The van der Waals surface area contributed by atoms with E-state index in [1.54, 1.807) is 0 Å². The minimum absolute atomic E-state index is 0.173. The molecule has 1 heterocycles. The number of esters is 1. The van der Waals surface area contributed by atoms with Crippen LogP contribution in [0.25, 0.3) is 0 Å². The van der Waals surface area contributed by atoms with Gasteiger partial charge < -0.3 is 14.0 Å². The first-order valence-electron chi connectivity index (χ1n) is 11.7. The van der Waals surface area contributed by atoms with E-state index in [2.05, 4.69) is 19.6 Å². The molecule has 0 saturated carbocycles. The van der Waals surface area contributed by atoms with Crippen molar-refractivity contribution < 1.29 is 19.1 Å². The standard InChI is InChI=1S/C28H35NO4Si/c1-20-25(26(28(31)32-3)21(2)29(20)19-33-16-17-34(4,5)6)27(30)24-15-11-10-14-23(24)18-22-12-8-7-9-13-22/h7-15H,16-19H2,1-6H3. The second kappa shape index (κ2) is 11.0. The van der Waals surface area contributed by atoms with E-state index >= 15 is 0 Å². The van der Waals surface area contributed by atoms with Gasteiger partial charge in [-0.15, -0.1) is 0 Å². The zero-order chi connectivity index (χ0) is 24.9. The highest BCUT2D eigenvalue weighted by molar-refractivity contribution is 6.76. The number of rotatable bonds is 10. The molecular weight excluding hydrogens is 442 g/mol. The minimum atomic E-state index is -1.22. The molecular formula is C28H35NO4Si. The van der Waals surface area contributed by atoms with Gasteiger partial charge in [-0.05, 0) is 37.4 Å². The number of carbonyl (C=O) groups is 2. The van der Waals surface area contributed by atoms with Crippen molar-refractivity contribution in [2.45, 2.75) is 52.7 Å². The number of ketones is 1. The average Bonchev–Trinajstić information content (AvgIpc) is 3.05. The van der Waals surface area contributed by atoms with Crippen LogP contribution in [0.2, 0.25) is 25.7 Å². The molecule has 3 rings (SSSR count). The van der Waals surface area contributed by atoms with E-state index in [0.717, 1.165) is 17.2 Å². The number of ether oxygens (including phenoxy) is 2. The van der Waals surface area contributed by atoms with Gasteiger partial charge in [-0.25, -0.2) is 4.79 Å². The summed E-state index contributed by atoms with van der Waals surface area (Å²) in [7, 11) is 0.129. The highest BCUT2D eigenvalue weighted by Gasteiger charge is 2.29. The predicted molar refractivity (Wildman–Crippen MR) is 138 cm³/mol. The van der Waals surface area contributed by atoms with Gasteiger partial charge in [-0.1, -0.05) is 74.2 Å². The number of methoxy groups -OCH3 is 1. The van der Waals surface area contributed by atoms with Gasteiger partial charge in [0.25, 0.3) is 0 Å². The fourth-order valence-corrected chi connectivity index (χ4v) is 4.84. The topological polar surface area (TPSA) is 57.5 Å². The molecule has 0 N–H and O–H groups in total. The Morgan fingerprint density at radius 2 is 1.50 bits per heavy atom. The van der Waals surface area contributed by atoms with Gasteiger partial charge in [0, 0.05) is 31.6 Å². The zero-order valence-corrected chi connectivity index (χ0v) is 22.1. The Morgan fingerprint density at radius 1 is 0.882 bits per heavy atom. The van der Waals surface area contributed by atoms with Gasteiger partial charge >= 0.3 is 5.97 Å². The number of nitrogens with zero attached hydrogens (tertiary/aromatic N) is 1. The van der Waals surface area contributed by atoms with Crippen molar-refractivity contribution in [2.24, 2.45) is 0 Å². The van der Waals surface area contributed by atoms with Gasteiger partial charge in [0.1, 0.15) is 6.73 Å². The smallest absolute Gasteiger partial charge is 0.340 e. The molecule has 0 unspecified atom stereocenters. The lowest BCUT2D eigenvalue weighted by Crippen LogP contribution is -2.22. The van der Waals surface area contributed by atoms with Crippen LogP contribution in [0.3, 0.4) is 0 Å². The fraction of sp³-hybridized carbons (Fsp3) is 0.357. The SMILES string of the molecule is COC(=O)c1c(C(=O)c2ccccc2Cc2ccccc2)c(C)n(COCC[Si](C)(C)C)c1C.